The van der Waals surface area contributed by atoms with E-state index >= 15 is 0 Å². The first-order valence-electron chi connectivity index (χ1n) is 10.5. The molecule has 0 radical (unpaired) electrons. The maximum absolute atomic E-state index is 12.8. The molecule has 0 saturated carbocycles. The molecule has 4 aromatic rings. The Hall–Kier alpha value is -2.64. The molecule has 4 rings (SSSR count). The Labute approximate surface area is 189 Å². The lowest BCUT2D eigenvalue weighted by Gasteiger charge is -2.06. The van der Waals surface area contributed by atoms with Gasteiger partial charge < -0.3 is 4.74 Å². The van der Waals surface area contributed by atoms with Gasteiger partial charge in [-0.15, -0.1) is 16.9 Å². The molecule has 31 heavy (non-hydrogen) atoms. The van der Waals surface area contributed by atoms with Crippen molar-refractivity contribution in [1.29, 1.82) is 0 Å². The summed E-state index contributed by atoms with van der Waals surface area (Å²) in [4.78, 5) is 19.1. The van der Waals surface area contributed by atoms with E-state index in [2.05, 4.69) is 29.1 Å². The minimum absolute atomic E-state index is 0.139. The highest BCUT2D eigenvalue weighted by Crippen LogP contribution is 2.21. The molecule has 7 heteroatoms. The third kappa shape index (κ3) is 5.17. The van der Waals surface area contributed by atoms with Gasteiger partial charge in [-0.2, -0.15) is 9.50 Å². The predicted molar refractivity (Wildman–Crippen MR) is 129 cm³/mol. The fraction of sp³-hybridized carbons (Fsp3) is 0.292. The Morgan fingerprint density at radius 1 is 1.06 bits per heavy atom. The number of ether oxygens (including phenoxy) is 1. The molecule has 0 aliphatic carbocycles. The van der Waals surface area contributed by atoms with Crippen LogP contribution in [-0.2, 0) is 0 Å². The van der Waals surface area contributed by atoms with E-state index < -0.39 is 0 Å². The third-order valence-electron chi connectivity index (χ3n) is 4.97. The number of thiazole rings is 1. The standard InChI is InChI=1S/C24H25N3O2S2/c1-3-4-5-6-15-29-19-11-9-18(10-12-19)22-25-24-27(26-22)23(28)21(31-24)16-17-7-13-20(30-2)14-8-17/h7-14,16H,3-6,15H2,1-2H3/b21-16-. The quantitative estimate of drug-likeness (QED) is 0.263. The van der Waals surface area contributed by atoms with Crippen molar-refractivity contribution >= 4 is 34.1 Å². The highest BCUT2D eigenvalue weighted by molar-refractivity contribution is 7.98. The van der Waals surface area contributed by atoms with E-state index in [-0.39, 0.29) is 5.56 Å². The van der Waals surface area contributed by atoms with Crippen molar-refractivity contribution in [1.82, 2.24) is 14.6 Å². The average molecular weight is 452 g/mol. The lowest BCUT2D eigenvalue weighted by Crippen LogP contribution is -2.23. The molecule has 0 aliphatic heterocycles. The second-order valence-corrected chi connectivity index (χ2v) is 9.14. The normalized spacial score (nSPS) is 12.0. The molecule has 2 heterocycles. The van der Waals surface area contributed by atoms with Gasteiger partial charge in [0, 0.05) is 10.5 Å². The number of thioether (sulfide) groups is 1. The number of fused-ring (bicyclic) bond motifs is 1. The Morgan fingerprint density at radius 3 is 2.52 bits per heavy atom. The van der Waals surface area contributed by atoms with Crippen LogP contribution in [-0.4, -0.2) is 27.5 Å². The van der Waals surface area contributed by atoms with E-state index in [1.54, 1.807) is 11.8 Å². The average Bonchev–Trinajstić information content (AvgIpc) is 3.34. The van der Waals surface area contributed by atoms with E-state index in [0.717, 1.165) is 29.9 Å². The lowest BCUT2D eigenvalue weighted by atomic mass is 10.2. The second kappa shape index (κ2) is 10.1. The van der Waals surface area contributed by atoms with E-state index in [4.69, 9.17) is 4.74 Å². The zero-order valence-electron chi connectivity index (χ0n) is 17.7. The van der Waals surface area contributed by atoms with Gasteiger partial charge in [-0.25, -0.2) is 0 Å². The van der Waals surface area contributed by atoms with Crippen molar-refractivity contribution in [3.63, 3.8) is 0 Å². The van der Waals surface area contributed by atoms with E-state index in [9.17, 15) is 4.79 Å². The van der Waals surface area contributed by atoms with Gasteiger partial charge in [0.15, 0.2) is 5.82 Å². The fourth-order valence-electron chi connectivity index (χ4n) is 3.23. The number of aromatic nitrogens is 3. The minimum Gasteiger partial charge on any atom is -0.494 e. The van der Waals surface area contributed by atoms with Gasteiger partial charge in [0.2, 0.25) is 4.96 Å². The van der Waals surface area contributed by atoms with Crippen molar-refractivity contribution in [3.8, 4) is 17.1 Å². The molecule has 0 spiro atoms. The van der Waals surface area contributed by atoms with Gasteiger partial charge in [0.1, 0.15) is 5.75 Å². The molecule has 0 saturated heterocycles. The molecule has 0 bridgehead atoms. The molecule has 0 amide bonds. The molecule has 0 aliphatic rings. The number of benzene rings is 2. The van der Waals surface area contributed by atoms with Crippen LogP contribution in [0.25, 0.3) is 22.4 Å². The smallest absolute Gasteiger partial charge is 0.291 e. The van der Waals surface area contributed by atoms with Crippen molar-refractivity contribution in [2.75, 3.05) is 12.9 Å². The summed E-state index contributed by atoms with van der Waals surface area (Å²) in [6.45, 7) is 2.93. The Morgan fingerprint density at radius 2 is 1.84 bits per heavy atom. The molecule has 160 valence electrons. The van der Waals surface area contributed by atoms with Crippen LogP contribution in [0.1, 0.15) is 38.2 Å². The van der Waals surface area contributed by atoms with Crippen molar-refractivity contribution in [3.05, 3.63) is 69.0 Å². The molecule has 0 atom stereocenters. The zero-order valence-corrected chi connectivity index (χ0v) is 19.3. The summed E-state index contributed by atoms with van der Waals surface area (Å²) in [5, 5.41) is 4.44. The Bertz CT molecular complexity index is 1250. The molecule has 0 fully saturated rings. The largest absolute Gasteiger partial charge is 0.494 e. The maximum Gasteiger partial charge on any atom is 0.291 e. The summed E-state index contributed by atoms with van der Waals surface area (Å²) >= 11 is 3.05. The minimum atomic E-state index is -0.139. The molecule has 5 nitrogen and oxygen atoms in total. The number of hydrogen-bond acceptors (Lipinski definition) is 6. The zero-order chi connectivity index (χ0) is 21.6. The SMILES string of the molecule is CCCCCCOc1ccc(-c2nc3s/c(=C\c4ccc(SC)cc4)c(=O)n3n2)cc1. The highest BCUT2D eigenvalue weighted by Gasteiger charge is 2.12. The van der Waals surface area contributed by atoms with E-state index in [1.807, 2.05) is 48.7 Å². The fourth-order valence-corrected chi connectivity index (χ4v) is 4.54. The van der Waals surface area contributed by atoms with Gasteiger partial charge in [0.05, 0.1) is 11.1 Å². The summed E-state index contributed by atoms with van der Waals surface area (Å²) in [6.07, 6.45) is 8.67. The lowest BCUT2D eigenvalue weighted by molar-refractivity contribution is 0.305. The summed E-state index contributed by atoms with van der Waals surface area (Å²) in [5.41, 5.74) is 1.72. The van der Waals surface area contributed by atoms with E-state index in [1.165, 1.54) is 40.0 Å². The van der Waals surface area contributed by atoms with Crippen molar-refractivity contribution in [2.45, 2.75) is 37.5 Å². The topological polar surface area (TPSA) is 56.5 Å². The number of nitrogens with zero attached hydrogens (tertiary/aromatic N) is 3. The van der Waals surface area contributed by atoms with Crippen LogP contribution < -0.4 is 14.8 Å². The Kier molecular flexibility index (Phi) is 7.04. The molecule has 0 unspecified atom stereocenters. The van der Waals surface area contributed by atoms with Crippen LogP contribution in [0.2, 0.25) is 0 Å². The van der Waals surface area contributed by atoms with Crippen LogP contribution in [0.5, 0.6) is 5.75 Å². The van der Waals surface area contributed by atoms with Gasteiger partial charge in [0.25, 0.3) is 5.56 Å². The molecular formula is C24H25N3O2S2. The van der Waals surface area contributed by atoms with Gasteiger partial charge in [-0.3, -0.25) is 4.79 Å². The van der Waals surface area contributed by atoms with Crippen LogP contribution in [0.4, 0.5) is 0 Å². The van der Waals surface area contributed by atoms with Gasteiger partial charge in [-0.05, 0) is 60.7 Å². The molecule has 2 aromatic carbocycles. The summed E-state index contributed by atoms with van der Waals surface area (Å²) < 4.78 is 7.81. The first-order chi connectivity index (χ1) is 15.2. The van der Waals surface area contributed by atoms with Crippen LogP contribution >= 0.6 is 23.1 Å². The number of rotatable bonds is 9. The first-order valence-corrected chi connectivity index (χ1v) is 12.5. The van der Waals surface area contributed by atoms with E-state index in [0.29, 0.717) is 15.3 Å². The summed E-state index contributed by atoms with van der Waals surface area (Å²) in [5.74, 6) is 1.39. The number of hydrogen-bond donors (Lipinski definition) is 0. The van der Waals surface area contributed by atoms with Gasteiger partial charge >= 0.3 is 0 Å². The monoisotopic (exact) mass is 451 g/mol. The second-order valence-electron chi connectivity index (χ2n) is 7.25. The summed E-state index contributed by atoms with van der Waals surface area (Å²) in [6, 6.07) is 15.9. The maximum atomic E-state index is 12.8. The predicted octanol–water partition coefficient (Wildman–Crippen LogP) is 5.05. The van der Waals surface area contributed by atoms with Crippen LogP contribution in [0.15, 0.2) is 58.2 Å². The first kappa shape index (κ1) is 21.6. The van der Waals surface area contributed by atoms with Crippen LogP contribution in [0.3, 0.4) is 0 Å². The third-order valence-corrected chi connectivity index (χ3v) is 6.68. The van der Waals surface area contributed by atoms with Crippen LogP contribution in [0, 0.1) is 0 Å². The summed E-state index contributed by atoms with van der Waals surface area (Å²) in [7, 11) is 0. The van der Waals surface area contributed by atoms with Gasteiger partial charge in [-0.1, -0.05) is 49.7 Å². The van der Waals surface area contributed by atoms with Crippen molar-refractivity contribution in [2.24, 2.45) is 0 Å². The Balaban J connectivity index is 1.50. The highest BCUT2D eigenvalue weighted by atomic mass is 32.2. The molecule has 2 aromatic heterocycles. The van der Waals surface area contributed by atoms with Crippen molar-refractivity contribution < 1.29 is 4.74 Å². The molecule has 0 N–H and O–H groups in total. The molecular weight excluding hydrogens is 426 g/mol. The number of unbranched alkanes of at least 4 members (excludes halogenated alkanes) is 3.